The highest BCUT2D eigenvalue weighted by Crippen LogP contribution is 2.64. The summed E-state index contributed by atoms with van der Waals surface area (Å²) in [5.41, 5.74) is 0.919. The molecule has 2 atom stereocenters. The van der Waals surface area contributed by atoms with Gasteiger partial charge in [0.25, 0.3) is 0 Å². The zero-order valence-electron chi connectivity index (χ0n) is 18.4. The molecule has 4 aliphatic carbocycles. The number of rotatable bonds is 4. The van der Waals surface area contributed by atoms with Crippen molar-refractivity contribution in [3.05, 3.63) is 42.2 Å². The van der Waals surface area contributed by atoms with E-state index < -0.39 is 0 Å². The fourth-order valence-electron chi connectivity index (χ4n) is 7.47. The summed E-state index contributed by atoms with van der Waals surface area (Å²) in [5.74, 6) is 2.56. The lowest BCUT2D eigenvalue weighted by Gasteiger charge is -2.61. The van der Waals surface area contributed by atoms with Crippen molar-refractivity contribution in [1.82, 2.24) is 29.5 Å². The molecule has 164 valence electrons. The molecule has 7 heteroatoms. The lowest BCUT2D eigenvalue weighted by atomic mass is 9.46. The molecule has 31 heavy (non-hydrogen) atoms. The standard InChI is InChI=1S/C24H32N6O/c1-18-26-17-30(27-18)24-13-19-10-20(14-24)12-23(11-19,16-24)22(31)29-8-6-28(7-9-29)15-21-4-2-3-5-25-21/h2-5,17,19-20H,6-16H2,1H3/t19-,20-,23?,24?/m0/s1. The van der Waals surface area contributed by atoms with Crippen molar-refractivity contribution in [3.8, 4) is 0 Å². The monoisotopic (exact) mass is 420 g/mol. The predicted octanol–water partition coefficient (Wildman–Crippen LogP) is 2.62. The molecule has 3 heterocycles. The highest BCUT2D eigenvalue weighted by molar-refractivity contribution is 5.83. The molecule has 7 rings (SSSR count). The van der Waals surface area contributed by atoms with Crippen LogP contribution in [0, 0.1) is 24.2 Å². The maximum absolute atomic E-state index is 13.9. The van der Waals surface area contributed by atoms with Crippen LogP contribution >= 0.6 is 0 Å². The van der Waals surface area contributed by atoms with Crippen LogP contribution in [0.3, 0.4) is 0 Å². The number of hydrogen-bond acceptors (Lipinski definition) is 5. The first-order valence-corrected chi connectivity index (χ1v) is 11.8. The van der Waals surface area contributed by atoms with Gasteiger partial charge in [-0.15, -0.1) is 0 Å². The summed E-state index contributed by atoms with van der Waals surface area (Å²) in [5, 5.41) is 4.72. The average molecular weight is 421 g/mol. The average Bonchev–Trinajstić information content (AvgIpc) is 3.21. The van der Waals surface area contributed by atoms with Crippen molar-refractivity contribution < 1.29 is 4.79 Å². The number of pyridine rings is 1. The zero-order valence-corrected chi connectivity index (χ0v) is 18.4. The number of carbonyl (C=O) groups is 1. The molecule has 0 radical (unpaired) electrons. The SMILES string of the molecule is Cc1ncn(C23C[C@H]4C[C@@H](CC(C(=O)N5CCN(Cc6ccccn6)CC5)(C4)C2)C3)n1. The van der Waals surface area contributed by atoms with Crippen LogP contribution in [0.1, 0.15) is 50.0 Å². The second-order valence-corrected chi connectivity index (χ2v) is 10.6. The Hall–Kier alpha value is -2.28. The van der Waals surface area contributed by atoms with Gasteiger partial charge in [0.05, 0.1) is 16.6 Å². The summed E-state index contributed by atoms with van der Waals surface area (Å²) >= 11 is 0. The maximum Gasteiger partial charge on any atom is 0.228 e. The van der Waals surface area contributed by atoms with Gasteiger partial charge in [-0.25, -0.2) is 9.67 Å². The maximum atomic E-state index is 13.9. The topological polar surface area (TPSA) is 67.2 Å². The van der Waals surface area contributed by atoms with E-state index in [0.29, 0.717) is 17.7 Å². The van der Waals surface area contributed by atoms with E-state index in [0.717, 1.165) is 63.5 Å². The Labute approximate surface area is 183 Å². The van der Waals surface area contributed by atoms with Gasteiger partial charge in [-0.2, -0.15) is 5.10 Å². The molecule has 2 aromatic heterocycles. The summed E-state index contributed by atoms with van der Waals surface area (Å²) in [6.45, 7) is 6.35. The molecule has 0 aromatic carbocycles. The molecule has 5 aliphatic rings. The Balaban J connectivity index is 1.18. The van der Waals surface area contributed by atoms with Gasteiger partial charge in [-0.1, -0.05) is 6.07 Å². The molecule has 5 fully saturated rings. The smallest absolute Gasteiger partial charge is 0.228 e. The van der Waals surface area contributed by atoms with Crippen LogP contribution < -0.4 is 0 Å². The molecular formula is C24H32N6O. The van der Waals surface area contributed by atoms with Gasteiger partial charge in [0, 0.05) is 38.9 Å². The first-order chi connectivity index (χ1) is 15.0. The summed E-state index contributed by atoms with van der Waals surface area (Å²) in [6.07, 6.45) is 10.5. The highest BCUT2D eigenvalue weighted by Gasteiger charge is 2.62. The minimum atomic E-state index is -0.187. The van der Waals surface area contributed by atoms with Gasteiger partial charge < -0.3 is 4.90 Å². The molecule has 4 saturated carbocycles. The molecule has 0 unspecified atom stereocenters. The third-order valence-corrected chi connectivity index (χ3v) is 8.35. The number of piperazine rings is 1. The third kappa shape index (κ3) is 3.28. The van der Waals surface area contributed by atoms with Gasteiger partial charge in [0.2, 0.25) is 5.91 Å². The van der Waals surface area contributed by atoms with Gasteiger partial charge in [-0.3, -0.25) is 14.7 Å². The largest absolute Gasteiger partial charge is 0.340 e. The zero-order chi connectivity index (χ0) is 21.1. The number of amides is 1. The first kappa shape index (κ1) is 19.4. The normalized spacial score (nSPS) is 34.9. The Morgan fingerprint density at radius 2 is 1.84 bits per heavy atom. The lowest BCUT2D eigenvalue weighted by Crippen LogP contribution is -2.62. The first-order valence-electron chi connectivity index (χ1n) is 11.8. The molecule has 7 nitrogen and oxygen atoms in total. The van der Waals surface area contributed by atoms with Gasteiger partial charge in [-0.05, 0) is 69.4 Å². The Kier molecular flexibility index (Phi) is 4.46. The van der Waals surface area contributed by atoms with Crippen LogP contribution in [-0.4, -0.2) is 61.6 Å². The van der Waals surface area contributed by atoms with Gasteiger partial charge in [0.1, 0.15) is 12.2 Å². The third-order valence-electron chi connectivity index (χ3n) is 8.35. The van der Waals surface area contributed by atoms with Crippen molar-refractivity contribution in [2.75, 3.05) is 26.2 Å². The lowest BCUT2D eigenvalue weighted by molar-refractivity contribution is -0.168. The van der Waals surface area contributed by atoms with Crippen LogP contribution in [0.4, 0.5) is 0 Å². The van der Waals surface area contributed by atoms with Crippen molar-refractivity contribution in [2.45, 2.75) is 57.5 Å². The molecule has 4 bridgehead atoms. The second kappa shape index (κ2) is 7.12. The fourth-order valence-corrected chi connectivity index (χ4v) is 7.47. The summed E-state index contributed by atoms with van der Waals surface area (Å²) in [7, 11) is 0. The molecule has 2 aromatic rings. The molecule has 1 aliphatic heterocycles. The van der Waals surface area contributed by atoms with E-state index in [2.05, 4.69) is 30.5 Å². The van der Waals surface area contributed by atoms with Crippen molar-refractivity contribution in [1.29, 1.82) is 0 Å². The van der Waals surface area contributed by atoms with Gasteiger partial charge in [0.15, 0.2) is 0 Å². The van der Waals surface area contributed by atoms with E-state index >= 15 is 0 Å². The predicted molar refractivity (Wildman–Crippen MR) is 116 cm³/mol. The highest BCUT2D eigenvalue weighted by atomic mass is 16.2. The summed E-state index contributed by atoms with van der Waals surface area (Å²) < 4.78 is 2.13. The Bertz CT molecular complexity index is 949. The fraction of sp³-hybridized carbons (Fsp3) is 0.667. The molecule has 1 amide bonds. The summed E-state index contributed by atoms with van der Waals surface area (Å²) in [4.78, 5) is 27.4. The van der Waals surface area contributed by atoms with E-state index in [-0.39, 0.29) is 11.0 Å². The van der Waals surface area contributed by atoms with E-state index in [9.17, 15) is 4.79 Å². The van der Waals surface area contributed by atoms with E-state index in [4.69, 9.17) is 5.10 Å². The van der Waals surface area contributed by atoms with Crippen LogP contribution in [0.2, 0.25) is 0 Å². The Morgan fingerprint density at radius 1 is 1.06 bits per heavy atom. The number of hydrogen-bond donors (Lipinski definition) is 0. The minimum absolute atomic E-state index is 0.00179. The number of nitrogens with zero attached hydrogens (tertiary/aromatic N) is 6. The van der Waals surface area contributed by atoms with Crippen LogP contribution in [-0.2, 0) is 16.9 Å². The molecule has 0 N–H and O–H groups in total. The van der Waals surface area contributed by atoms with E-state index in [1.165, 1.54) is 19.3 Å². The molecule has 1 saturated heterocycles. The minimum Gasteiger partial charge on any atom is -0.340 e. The van der Waals surface area contributed by atoms with Crippen LogP contribution in [0.15, 0.2) is 30.7 Å². The van der Waals surface area contributed by atoms with Crippen molar-refractivity contribution in [3.63, 3.8) is 0 Å². The second-order valence-electron chi connectivity index (χ2n) is 10.6. The summed E-state index contributed by atoms with van der Waals surface area (Å²) in [6, 6.07) is 6.08. The molecule has 0 spiro atoms. The molecular weight excluding hydrogens is 388 g/mol. The quantitative estimate of drug-likeness (QED) is 0.761. The Morgan fingerprint density at radius 3 is 2.48 bits per heavy atom. The van der Waals surface area contributed by atoms with Crippen LogP contribution in [0.25, 0.3) is 0 Å². The van der Waals surface area contributed by atoms with Crippen LogP contribution in [0.5, 0.6) is 0 Å². The van der Waals surface area contributed by atoms with Crippen molar-refractivity contribution in [2.24, 2.45) is 17.3 Å². The van der Waals surface area contributed by atoms with E-state index in [1.54, 1.807) is 0 Å². The van der Waals surface area contributed by atoms with Gasteiger partial charge >= 0.3 is 0 Å². The number of aryl methyl sites for hydroxylation is 1. The van der Waals surface area contributed by atoms with Crippen molar-refractivity contribution >= 4 is 5.91 Å². The number of carbonyl (C=O) groups excluding carboxylic acids is 1. The van der Waals surface area contributed by atoms with E-state index in [1.807, 2.05) is 31.6 Å². The number of aromatic nitrogens is 4.